The molecule has 0 radical (unpaired) electrons. The fourth-order valence-corrected chi connectivity index (χ4v) is 4.95. The number of imidazole rings is 1. The highest BCUT2D eigenvalue weighted by atomic mass is 19.4. The van der Waals surface area contributed by atoms with Gasteiger partial charge in [-0.3, -0.25) is 4.79 Å². The summed E-state index contributed by atoms with van der Waals surface area (Å²) in [6, 6.07) is 6.23. The monoisotopic (exact) mass is 545 g/mol. The SMILES string of the molecule is CCCCOC(=O)C1CCC(C(C)(O)c2cn(-c3cc(C)cc(Nc4nccc(C(F)(F)F)n4)c3)cn2)CC1. The van der Waals surface area contributed by atoms with Gasteiger partial charge >= 0.3 is 12.1 Å². The number of hydrogen-bond acceptors (Lipinski definition) is 7. The van der Waals surface area contributed by atoms with Gasteiger partial charge in [-0.25, -0.2) is 15.0 Å². The lowest BCUT2D eigenvalue weighted by Gasteiger charge is -2.36. The van der Waals surface area contributed by atoms with Crippen LogP contribution in [0.25, 0.3) is 5.69 Å². The maximum Gasteiger partial charge on any atom is 0.433 e. The van der Waals surface area contributed by atoms with Gasteiger partial charge in [0.15, 0.2) is 0 Å². The van der Waals surface area contributed by atoms with Gasteiger partial charge in [-0.05, 0) is 81.7 Å². The van der Waals surface area contributed by atoms with Gasteiger partial charge < -0.3 is 19.7 Å². The molecule has 1 fully saturated rings. The number of esters is 1. The number of nitrogens with one attached hydrogen (secondary N) is 1. The third kappa shape index (κ3) is 6.95. The number of anilines is 2. The van der Waals surface area contributed by atoms with Gasteiger partial charge in [0.1, 0.15) is 11.3 Å². The Hall–Kier alpha value is -3.47. The molecule has 1 unspecified atom stereocenters. The minimum absolute atomic E-state index is 0.0617. The number of carbonyl (C=O) groups excluding carboxylic acids is 1. The fraction of sp³-hybridized carbons (Fsp3) is 0.500. The highest BCUT2D eigenvalue weighted by Crippen LogP contribution is 2.41. The van der Waals surface area contributed by atoms with Gasteiger partial charge in [0.2, 0.25) is 5.95 Å². The molecule has 1 aliphatic carbocycles. The minimum Gasteiger partial charge on any atom is -0.465 e. The van der Waals surface area contributed by atoms with Gasteiger partial charge in [-0.1, -0.05) is 13.3 Å². The summed E-state index contributed by atoms with van der Waals surface area (Å²) in [5.74, 6) is -0.510. The highest BCUT2D eigenvalue weighted by molar-refractivity contribution is 5.72. The van der Waals surface area contributed by atoms with E-state index >= 15 is 0 Å². The van der Waals surface area contributed by atoms with Crippen LogP contribution in [0.2, 0.25) is 0 Å². The average molecular weight is 546 g/mol. The van der Waals surface area contributed by atoms with Gasteiger partial charge in [-0.15, -0.1) is 0 Å². The Kier molecular flexibility index (Phi) is 8.58. The lowest BCUT2D eigenvalue weighted by Crippen LogP contribution is -2.36. The highest BCUT2D eigenvalue weighted by Gasteiger charge is 2.40. The van der Waals surface area contributed by atoms with E-state index in [9.17, 15) is 23.1 Å². The molecule has 0 bridgehead atoms. The number of aryl methyl sites for hydroxylation is 1. The largest absolute Gasteiger partial charge is 0.465 e. The molecule has 0 spiro atoms. The van der Waals surface area contributed by atoms with Crippen LogP contribution in [0.5, 0.6) is 0 Å². The molecular weight excluding hydrogens is 511 g/mol. The molecule has 210 valence electrons. The molecule has 8 nitrogen and oxygen atoms in total. The van der Waals surface area contributed by atoms with Gasteiger partial charge in [0.05, 0.1) is 24.5 Å². The van der Waals surface area contributed by atoms with Crippen LogP contribution in [-0.2, 0) is 21.3 Å². The Morgan fingerprint density at radius 2 is 1.90 bits per heavy atom. The molecule has 11 heteroatoms. The lowest BCUT2D eigenvalue weighted by molar-refractivity contribution is -0.151. The zero-order valence-corrected chi connectivity index (χ0v) is 22.3. The van der Waals surface area contributed by atoms with E-state index in [-0.39, 0.29) is 23.8 Å². The van der Waals surface area contributed by atoms with Crippen molar-refractivity contribution in [3.05, 3.63) is 59.9 Å². The van der Waals surface area contributed by atoms with Crippen molar-refractivity contribution in [2.24, 2.45) is 11.8 Å². The van der Waals surface area contributed by atoms with E-state index in [2.05, 4.69) is 20.3 Å². The van der Waals surface area contributed by atoms with Crippen LogP contribution < -0.4 is 5.32 Å². The summed E-state index contributed by atoms with van der Waals surface area (Å²) in [7, 11) is 0. The van der Waals surface area contributed by atoms with E-state index in [0.717, 1.165) is 30.7 Å². The molecule has 39 heavy (non-hydrogen) atoms. The van der Waals surface area contributed by atoms with Crippen LogP contribution in [-0.4, -0.2) is 37.2 Å². The first kappa shape index (κ1) is 28.5. The van der Waals surface area contributed by atoms with E-state index in [1.54, 1.807) is 36.1 Å². The molecule has 4 rings (SSSR count). The summed E-state index contributed by atoms with van der Waals surface area (Å²) in [6.45, 7) is 6.11. The maximum absolute atomic E-state index is 13.0. The van der Waals surface area contributed by atoms with Crippen molar-refractivity contribution < 1.29 is 27.8 Å². The zero-order chi connectivity index (χ0) is 28.2. The summed E-state index contributed by atoms with van der Waals surface area (Å²) >= 11 is 0. The van der Waals surface area contributed by atoms with Crippen molar-refractivity contribution in [3.8, 4) is 5.69 Å². The molecule has 3 aromatic rings. The van der Waals surface area contributed by atoms with Crippen LogP contribution in [0.4, 0.5) is 24.8 Å². The average Bonchev–Trinajstić information content (AvgIpc) is 3.40. The van der Waals surface area contributed by atoms with E-state index in [1.165, 1.54) is 0 Å². The first-order chi connectivity index (χ1) is 18.5. The Morgan fingerprint density at radius 1 is 1.15 bits per heavy atom. The topological polar surface area (TPSA) is 102 Å². The van der Waals surface area contributed by atoms with Crippen molar-refractivity contribution in [1.29, 1.82) is 0 Å². The number of alkyl halides is 3. The molecule has 1 saturated carbocycles. The van der Waals surface area contributed by atoms with Crippen LogP contribution in [0.3, 0.4) is 0 Å². The Bertz CT molecular complexity index is 1280. The zero-order valence-electron chi connectivity index (χ0n) is 22.3. The predicted molar refractivity (Wildman–Crippen MR) is 140 cm³/mol. The van der Waals surface area contributed by atoms with E-state index in [1.807, 2.05) is 19.9 Å². The first-order valence-corrected chi connectivity index (χ1v) is 13.2. The number of aromatic nitrogens is 4. The van der Waals surface area contributed by atoms with Crippen molar-refractivity contribution in [3.63, 3.8) is 0 Å². The molecule has 2 N–H and O–H groups in total. The fourth-order valence-electron chi connectivity index (χ4n) is 4.95. The number of hydrogen-bond donors (Lipinski definition) is 2. The molecule has 0 aliphatic heterocycles. The predicted octanol–water partition coefficient (Wildman–Crippen LogP) is 6.09. The van der Waals surface area contributed by atoms with Crippen molar-refractivity contribution >= 4 is 17.6 Å². The number of halogens is 3. The molecule has 1 aliphatic rings. The van der Waals surface area contributed by atoms with E-state index in [4.69, 9.17) is 4.74 Å². The van der Waals surface area contributed by atoms with Crippen LogP contribution in [0.1, 0.15) is 69.3 Å². The van der Waals surface area contributed by atoms with E-state index < -0.39 is 17.5 Å². The minimum atomic E-state index is -4.57. The number of unbranched alkanes of at least 4 members (excludes halogenated alkanes) is 1. The molecule has 0 saturated heterocycles. The second kappa shape index (κ2) is 11.7. The summed E-state index contributed by atoms with van der Waals surface area (Å²) < 4.78 is 46.2. The molecular formula is C28H34F3N5O3. The number of ether oxygens (including phenoxy) is 1. The molecule has 0 amide bonds. The summed E-state index contributed by atoms with van der Waals surface area (Å²) in [5, 5.41) is 14.3. The number of aliphatic hydroxyl groups is 1. The summed E-state index contributed by atoms with van der Waals surface area (Å²) in [4.78, 5) is 24.3. The Balaban J connectivity index is 1.45. The first-order valence-electron chi connectivity index (χ1n) is 13.2. The second-order valence-corrected chi connectivity index (χ2v) is 10.3. The number of nitrogens with zero attached hydrogens (tertiary/aromatic N) is 4. The van der Waals surface area contributed by atoms with Crippen LogP contribution in [0, 0.1) is 18.8 Å². The summed E-state index contributed by atoms with van der Waals surface area (Å²) in [6.07, 6.45) is 4.36. The summed E-state index contributed by atoms with van der Waals surface area (Å²) in [5.41, 5.74) is 0.352. The number of benzene rings is 1. The van der Waals surface area contributed by atoms with Gasteiger partial charge in [0, 0.05) is 23.8 Å². The standard InChI is InChI=1S/C28H34F3N5O3/c1-4-5-12-39-25(37)19-6-8-20(9-7-19)27(3,38)24-16-36(17-33-24)22-14-18(2)13-21(15-22)34-26-32-11-10-23(35-26)28(29,30)31/h10-11,13-17,19-20,38H,4-9,12H2,1-3H3,(H,32,34,35). The third-order valence-corrected chi connectivity index (χ3v) is 7.26. The lowest BCUT2D eigenvalue weighted by atomic mass is 9.73. The molecule has 1 atom stereocenters. The van der Waals surface area contributed by atoms with Crippen LogP contribution in [0.15, 0.2) is 43.0 Å². The van der Waals surface area contributed by atoms with Crippen LogP contribution >= 0.6 is 0 Å². The third-order valence-electron chi connectivity index (χ3n) is 7.26. The second-order valence-electron chi connectivity index (χ2n) is 10.3. The van der Waals surface area contributed by atoms with Gasteiger partial charge in [0.25, 0.3) is 0 Å². The normalized spacial score (nSPS) is 19.4. The number of carbonyl (C=O) groups is 1. The van der Waals surface area contributed by atoms with E-state index in [0.29, 0.717) is 49.4 Å². The molecule has 2 heterocycles. The molecule has 1 aromatic carbocycles. The maximum atomic E-state index is 13.0. The number of rotatable bonds is 9. The Morgan fingerprint density at radius 3 is 2.59 bits per heavy atom. The van der Waals surface area contributed by atoms with Crippen molar-refractivity contribution in [2.45, 2.75) is 71.1 Å². The smallest absolute Gasteiger partial charge is 0.433 e. The quantitative estimate of drug-likeness (QED) is 0.248. The van der Waals surface area contributed by atoms with Crippen molar-refractivity contribution in [2.75, 3.05) is 11.9 Å². The van der Waals surface area contributed by atoms with Crippen molar-refractivity contribution in [1.82, 2.24) is 19.5 Å². The molecule has 2 aromatic heterocycles. The Labute approximate surface area is 225 Å². The van der Waals surface area contributed by atoms with Gasteiger partial charge in [-0.2, -0.15) is 13.2 Å².